The van der Waals surface area contributed by atoms with Crippen molar-refractivity contribution in [3.05, 3.63) is 45.8 Å². The molecular weight excluding hydrogens is 466 g/mol. The third-order valence-electron chi connectivity index (χ3n) is 4.99. The van der Waals surface area contributed by atoms with E-state index in [0.717, 1.165) is 15.6 Å². The van der Waals surface area contributed by atoms with E-state index < -0.39 is 21.9 Å². The Morgan fingerprint density at radius 1 is 1.03 bits per heavy atom. The fourth-order valence-corrected chi connectivity index (χ4v) is 5.13. The lowest BCUT2D eigenvalue weighted by Crippen LogP contribution is -2.30. The average molecular weight is 496 g/mol. The van der Waals surface area contributed by atoms with Gasteiger partial charge in [0.2, 0.25) is 10.0 Å². The van der Waals surface area contributed by atoms with E-state index in [9.17, 15) is 22.8 Å². The Morgan fingerprint density at radius 2 is 1.61 bits per heavy atom. The molecule has 180 valence electrons. The van der Waals surface area contributed by atoms with Crippen LogP contribution in [0.25, 0.3) is 0 Å². The summed E-state index contributed by atoms with van der Waals surface area (Å²) in [7, 11) is -0.788. The molecule has 0 saturated heterocycles. The highest BCUT2D eigenvalue weighted by molar-refractivity contribution is 7.89. The van der Waals surface area contributed by atoms with Crippen LogP contribution in [-0.2, 0) is 14.8 Å². The van der Waals surface area contributed by atoms with E-state index in [-0.39, 0.29) is 33.5 Å². The van der Waals surface area contributed by atoms with Crippen LogP contribution >= 0.6 is 11.3 Å². The van der Waals surface area contributed by atoms with E-state index in [2.05, 4.69) is 5.32 Å². The Morgan fingerprint density at radius 3 is 2.09 bits per heavy atom. The van der Waals surface area contributed by atoms with Crippen LogP contribution in [0.15, 0.2) is 29.2 Å². The zero-order valence-corrected chi connectivity index (χ0v) is 21.2. The van der Waals surface area contributed by atoms with Gasteiger partial charge in [0.1, 0.15) is 5.00 Å². The molecule has 11 heteroatoms. The molecule has 1 N–H and O–H groups in total. The number of carbonyl (C=O) groups is 3. The van der Waals surface area contributed by atoms with Gasteiger partial charge in [0.05, 0.1) is 21.9 Å². The lowest BCUT2D eigenvalue weighted by atomic mass is 10.1. The number of sulfonamides is 1. The fraction of sp³-hybridized carbons (Fsp3) is 0.409. The van der Waals surface area contributed by atoms with Crippen LogP contribution in [0.5, 0.6) is 0 Å². The highest BCUT2D eigenvalue weighted by atomic mass is 32.2. The van der Waals surface area contributed by atoms with Gasteiger partial charge in [-0.05, 0) is 57.5 Å². The van der Waals surface area contributed by atoms with E-state index in [4.69, 9.17) is 4.74 Å². The first kappa shape index (κ1) is 26.5. The van der Waals surface area contributed by atoms with Gasteiger partial charge in [-0.3, -0.25) is 9.59 Å². The van der Waals surface area contributed by atoms with Crippen molar-refractivity contribution in [1.82, 2.24) is 9.21 Å². The summed E-state index contributed by atoms with van der Waals surface area (Å²) in [6.07, 6.45) is 0. The van der Waals surface area contributed by atoms with Gasteiger partial charge in [-0.2, -0.15) is 0 Å². The van der Waals surface area contributed by atoms with Crippen LogP contribution in [0.2, 0.25) is 0 Å². The molecule has 0 aliphatic heterocycles. The molecule has 0 fully saturated rings. The molecule has 2 aromatic rings. The number of hydrogen-bond donors (Lipinski definition) is 1. The first-order chi connectivity index (χ1) is 15.5. The lowest BCUT2D eigenvalue weighted by Gasteiger charge is -2.18. The normalized spacial score (nSPS) is 11.4. The van der Waals surface area contributed by atoms with E-state index in [1.807, 2.05) is 13.8 Å². The Labute approximate surface area is 198 Å². The number of ether oxygens (including phenoxy) is 1. The molecule has 0 aliphatic rings. The second-order valence-corrected chi connectivity index (χ2v) is 10.4. The quantitative estimate of drug-likeness (QED) is 0.535. The molecule has 0 unspecified atom stereocenters. The molecular formula is C22H29N3O6S2. The van der Waals surface area contributed by atoms with Crippen molar-refractivity contribution >= 4 is 44.1 Å². The highest BCUT2D eigenvalue weighted by Crippen LogP contribution is 2.35. The molecule has 1 aromatic carbocycles. The maximum absolute atomic E-state index is 12.9. The van der Waals surface area contributed by atoms with Gasteiger partial charge in [0, 0.05) is 32.7 Å². The third-order valence-corrected chi connectivity index (χ3v) is 8.02. The van der Waals surface area contributed by atoms with Crippen molar-refractivity contribution < 1.29 is 27.5 Å². The molecule has 2 rings (SSSR count). The molecule has 0 bridgehead atoms. The maximum Gasteiger partial charge on any atom is 0.341 e. The monoisotopic (exact) mass is 495 g/mol. The average Bonchev–Trinajstić information content (AvgIpc) is 3.10. The molecule has 0 saturated carbocycles. The van der Waals surface area contributed by atoms with Crippen LogP contribution < -0.4 is 5.32 Å². The molecule has 0 radical (unpaired) electrons. The standard InChI is InChI=1S/C22H29N3O6S2/c1-7-25(8-2)21(27)18-14(4)17(22(28)31-9-3)20(32-18)23-19(26)15-10-12-16(13-11-15)33(29,30)24(5)6/h10-13H,7-9H2,1-6H3,(H,23,26). The molecule has 2 amide bonds. The second kappa shape index (κ2) is 10.9. The summed E-state index contributed by atoms with van der Waals surface area (Å²) in [6, 6.07) is 5.45. The lowest BCUT2D eigenvalue weighted by molar-refractivity contribution is 0.0527. The van der Waals surface area contributed by atoms with Crippen LogP contribution in [-0.4, -0.2) is 69.2 Å². The first-order valence-electron chi connectivity index (χ1n) is 10.4. The second-order valence-electron chi connectivity index (χ2n) is 7.22. The zero-order valence-electron chi connectivity index (χ0n) is 19.6. The molecule has 0 aliphatic carbocycles. The molecule has 1 heterocycles. The van der Waals surface area contributed by atoms with Crippen molar-refractivity contribution in [1.29, 1.82) is 0 Å². The van der Waals surface area contributed by atoms with Crippen LogP contribution in [0.4, 0.5) is 5.00 Å². The minimum absolute atomic E-state index is 0.0512. The number of amides is 2. The number of nitrogens with zero attached hydrogens (tertiary/aromatic N) is 2. The van der Waals surface area contributed by atoms with E-state index in [1.165, 1.54) is 38.4 Å². The van der Waals surface area contributed by atoms with Crippen molar-refractivity contribution in [3.63, 3.8) is 0 Å². The highest BCUT2D eigenvalue weighted by Gasteiger charge is 2.28. The largest absolute Gasteiger partial charge is 0.462 e. The summed E-state index contributed by atoms with van der Waals surface area (Å²) in [4.78, 5) is 40.4. The smallest absolute Gasteiger partial charge is 0.341 e. The predicted molar refractivity (Wildman–Crippen MR) is 128 cm³/mol. The number of carbonyl (C=O) groups excluding carboxylic acids is 3. The Kier molecular flexibility index (Phi) is 8.76. The summed E-state index contributed by atoms with van der Waals surface area (Å²) < 4.78 is 30.7. The van der Waals surface area contributed by atoms with Gasteiger partial charge in [0.25, 0.3) is 11.8 Å². The molecule has 9 nitrogen and oxygen atoms in total. The third kappa shape index (κ3) is 5.60. The number of hydrogen-bond acceptors (Lipinski definition) is 7. The van der Waals surface area contributed by atoms with Gasteiger partial charge in [-0.1, -0.05) is 0 Å². The number of thiophene rings is 1. The van der Waals surface area contributed by atoms with Crippen molar-refractivity contribution in [2.24, 2.45) is 0 Å². The number of anilines is 1. The molecule has 1 aromatic heterocycles. The van der Waals surface area contributed by atoms with E-state index in [1.54, 1.807) is 18.7 Å². The minimum Gasteiger partial charge on any atom is -0.462 e. The number of rotatable bonds is 9. The van der Waals surface area contributed by atoms with Gasteiger partial charge in [0.15, 0.2) is 0 Å². The van der Waals surface area contributed by atoms with Gasteiger partial charge in [-0.15, -0.1) is 11.3 Å². The first-order valence-corrected chi connectivity index (χ1v) is 12.7. The summed E-state index contributed by atoms with van der Waals surface area (Å²) >= 11 is 1.02. The molecule has 0 atom stereocenters. The van der Waals surface area contributed by atoms with Gasteiger partial charge < -0.3 is 15.0 Å². The number of benzene rings is 1. The van der Waals surface area contributed by atoms with Crippen LogP contribution in [0.3, 0.4) is 0 Å². The Balaban J connectivity index is 2.43. The SMILES string of the molecule is CCOC(=O)c1c(NC(=O)c2ccc(S(=O)(=O)N(C)C)cc2)sc(C(=O)N(CC)CC)c1C. The van der Waals surface area contributed by atoms with Crippen LogP contribution in [0.1, 0.15) is 56.7 Å². The summed E-state index contributed by atoms with van der Waals surface area (Å²) in [5.74, 6) is -1.41. The number of esters is 1. The van der Waals surface area contributed by atoms with Crippen molar-refractivity contribution in [2.45, 2.75) is 32.6 Å². The van der Waals surface area contributed by atoms with Gasteiger partial charge in [-0.25, -0.2) is 17.5 Å². The fourth-order valence-electron chi connectivity index (χ4n) is 3.07. The summed E-state index contributed by atoms with van der Waals surface area (Å²) in [5, 5.41) is 2.89. The van der Waals surface area contributed by atoms with E-state index in [0.29, 0.717) is 23.5 Å². The van der Waals surface area contributed by atoms with Crippen LogP contribution in [0, 0.1) is 6.92 Å². The Bertz CT molecular complexity index is 1130. The summed E-state index contributed by atoms with van der Waals surface area (Å²) in [5.41, 5.74) is 0.778. The van der Waals surface area contributed by atoms with Gasteiger partial charge >= 0.3 is 5.97 Å². The van der Waals surface area contributed by atoms with E-state index >= 15 is 0 Å². The maximum atomic E-state index is 12.9. The topological polar surface area (TPSA) is 113 Å². The minimum atomic E-state index is -3.63. The predicted octanol–water partition coefficient (Wildman–Crippen LogP) is 3.22. The van der Waals surface area contributed by atoms with Crippen molar-refractivity contribution in [3.8, 4) is 0 Å². The molecule has 33 heavy (non-hydrogen) atoms. The van der Waals surface area contributed by atoms with Crippen molar-refractivity contribution in [2.75, 3.05) is 39.1 Å². The Hall–Kier alpha value is -2.76. The summed E-state index contributed by atoms with van der Waals surface area (Å²) in [6.45, 7) is 8.19. The number of nitrogens with one attached hydrogen (secondary N) is 1. The zero-order chi connectivity index (χ0) is 24.9. The molecule has 0 spiro atoms.